The number of rotatable bonds is 6. The van der Waals surface area contributed by atoms with Gasteiger partial charge in [-0.05, 0) is 47.2 Å². The van der Waals surface area contributed by atoms with Crippen molar-refractivity contribution in [1.82, 2.24) is 25.2 Å². The van der Waals surface area contributed by atoms with Gasteiger partial charge in [0.2, 0.25) is 5.82 Å². The number of aromatic nitrogens is 5. The van der Waals surface area contributed by atoms with E-state index >= 15 is 0 Å². The van der Waals surface area contributed by atoms with Crippen LogP contribution in [0.1, 0.15) is 16.1 Å². The number of hydrogen-bond donors (Lipinski definition) is 2. The van der Waals surface area contributed by atoms with Gasteiger partial charge in [-0.1, -0.05) is 41.9 Å². The van der Waals surface area contributed by atoms with Crippen molar-refractivity contribution >= 4 is 34.1 Å². The van der Waals surface area contributed by atoms with Crippen LogP contribution in [0, 0.1) is 0 Å². The largest absolute Gasteiger partial charge is 0.489 e. The zero-order valence-electron chi connectivity index (χ0n) is 17.6. The van der Waals surface area contributed by atoms with Gasteiger partial charge in [0, 0.05) is 29.1 Å². The summed E-state index contributed by atoms with van der Waals surface area (Å²) in [7, 11) is 1.85. The number of carbonyl (C=O) groups is 1. The molecular formula is C24H19ClN6O2. The number of nitrogens with one attached hydrogen (secondary N) is 2. The summed E-state index contributed by atoms with van der Waals surface area (Å²) >= 11 is 6.13. The number of H-pyrrole nitrogens is 1. The molecule has 5 aromatic rings. The topological polar surface area (TPSA) is 97.7 Å². The number of benzene rings is 3. The number of aryl methyl sites for hydroxylation is 1. The van der Waals surface area contributed by atoms with E-state index in [0.717, 1.165) is 22.2 Å². The minimum absolute atomic E-state index is 0.271. The first-order valence-corrected chi connectivity index (χ1v) is 10.6. The van der Waals surface area contributed by atoms with Gasteiger partial charge in [0.25, 0.3) is 5.91 Å². The molecule has 2 N–H and O–H groups in total. The highest BCUT2D eigenvalue weighted by atomic mass is 35.5. The number of aromatic amines is 1. The number of carbonyl (C=O) groups excluding carboxylic acids is 1. The second kappa shape index (κ2) is 8.76. The van der Waals surface area contributed by atoms with Crippen LogP contribution in [0.2, 0.25) is 5.02 Å². The summed E-state index contributed by atoms with van der Waals surface area (Å²) in [5.74, 6) is 0.800. The molecule has 0 aliphatic heterocycles. The van der Waals surface area contributed by atoms with Gasteiger partial charge in [-0.2, -0.15) is 5.21 Å². The molecule has 0 radical (unpaired) electrons. The Morgan fingerprint density at radius 1 is 1.09 bits per heavy atom. The monoisotopic (exact) mass is 458 g/mol. The smallest absolute Gasteiger partial charge is 0.272 e. The number of halogens is 1. The molecule has 164 valence electrons. The Bertz CT molecular complexity index is 1430. The minimum Gasteiger partial charge on any atom is -0.489 e. The lowest BCUT2D eigenvalue weighted by atomic mass is 10.1. The molecule has 0 atom stereocenters. The molecule has 8 nitrogen and oxygen atoms in total. The molecule has 9 heteroatoms. The van der Waals surface area contributed by atoms with Crippen LogP contribution in [0.4, 0.5) is 5.69 Å². The van der Waals surface area contributed by atoms with Crippen LogP contribution < -0.4 is 10.1 Å². The van der Waals surface area contributed by atoms with E-state index in [-0.39, 0.29) is 5.91 Å². The normalized spacial score (nSPS) is 11.0. The highest BCUT2D eigenvalue weighted by Crippen LogP contribution is 2.30. The lowest BCUT2D eigenvalue weighted by Gasteiger charge is -2.10. The molecule has 1 amide bonds. The van der Waals surface area contributed by atoms with Crippen molar-refractivity contribution in [2.45, 2.75) is 6.61 Å². The molecule has 0 saturated heterocycles. The molecule has 0 saturated carbocycles. The van der Waals surface area contributed by atoms with Crippen molar-refractivity contribution in [3.8, 4) is 17.1 Å². The predicted molar refractivity (Wildman–Crippen MR) is 126 cm³/mol. The van der Waals surface area contributed by atoms with E-state index in [0.29, 0.717) is 34.4 Å². The average molecular weight is 459 g/mol. The molecule has 0 spiro atoms. The zero-order chi connectivity index (χ0) is 22.8. The summed E-state index contributed by atoms with van der Waals surface area (Å²) in [4.78, 5) is 13.1. The van der Waals surface area contributed by atoms with Crippen LogP contribution in [0.25, 0.3) is 22.3 Å². The third-order valence-corrected chi connectivity index (χ3v) is 5.55. The van der Waals surface area contributed by atoms with Crippen molar-refractivity contribution in [2.75, 3.05) is 5.32 Å². The lowest BCUT2D eigenvalue weighted by Crippen LogP contribution is -2.16. The molecule has 5 rings (SSSR count). The van der Waals surface area contributed by atoms with Gasteiger partial charge in [-0.15, -0.1) is 10.2 Å². The van der Waals surface area contributed by atoms with E-state index in [9.17, 15) is 4.79 Å². The summed E-state index contributed by atoms with van der Waals surface area (Å²) in [6, 6.07) is 22.7. The number of tetrazole rings is 1. The van der Waals surface area contributed by atoms with E-state index < -0.39 is 0 Å². The maximum absolute atomic E-state index is 13.1. The quantitative estimate of drug-likeness (QED) is 0.379. The highest BCUT2D eigenvalue weighted by molar-refractivity contribution is 6.31. The van der Waals surface area contributed by atoms with Crippen molar-refractivity contribution in [1.29, 1.82) is 0 Å². The van der Waals surface area contributed by atoms with E-state index in [1.807, 2.05) is 66.2 Å². The standard InChI is InChI=1S/C24H19ClN6O2/c1-31-21-13-18(33-14-15-5-3-2-4-6-15)9-7-16(21)11-22(31)24(32)26-20-10-8-17(25)12-19(20)23-27-29-30-28-23/h2-13H,14H2,1H3,(H,26,32)(H,27,28,29,30). The number of fused-ring (bicyclic) bond motifs is 1. The SMILES string of the molecule is Cn1c(C(=O)Nc2ccc(Cl)cc2-c2nn[nH]n2)cc2ccc(OCc3ccccc3)cc21. The lowest BCUT2D eigenvalue weighted by molar-refractivity contribution is 0.102. The van der Waals surface area contributed by atoms with Crippen molar-refractivity contribution in [2.24, 2.45) is 7.05 Å². The molecule has 2 heterocycles. The van der Waals surface area contributed by atoms with Crippen LogP contribution >= 0.6 is 11.6 Å². The van der Waals surface area contributed by atoms with Gasteiger partial charge in [-0.3, -0.25) is 4.79 Å². The van der Waals surface area contributed by atoms with Crippen molar-refractivity contribution in [3.63, 3.8) is 0 Å². The van der Waals surface area contributed by atoms with Crippen LogP contribution in [0.15, 0.2) is 72.8 Å². The van der Waals surface area contributed by atoms with Crippen molar-refractivity contribution < 1.29 is 9.53 Å². The number of ether oxygens (including phenoxy) is 1. The minimum atomic E-state index is -0.271. The van der Waals surface area contributed by atoms with Gasteiger partial charge in [0.05, 0.1) is 11.2 Å². The highest BCUT2D eigenvalue weighted by Gasteiger charge is 2.17. The van der Waals surface area contributed by atoms with E-state index in [1.165, 1.54) is 0 Å². The second-order valence-corrected chi connectivity index (χ2v) is 7.90. The van der Waals surface area contributed by atoms with E-state index in [1.54, 1.807) is 18.2 Å². The summed E-state index contributed by atoms with van der Waals surface area (Å²) in [5, 5.41) is 18.4. The third kappa shape index (κ3) is 4.28. The van der Waals surface area contributed by atoms with Gasteiger partial charge in [0.15, 0.2) is 0 Å². The number of amides is 1. The molecule has 3 aromatic carbocycles. The van der Waals surface area contributed by atoms with E-state index in [2.05, 4.69) is 25.9 Å². The maximum Gasteiger partial charge on any atom is 0.272 e. The van der Waals surface area contributed by atoms with E-state index in [4.69, 9.17) is 16.3 Å². The Morgan fingerprint density at radius 2 is 1.94 bits per heavy atom. The second-order valence-electron chi connectivity index (χ2n) is 7.46. The first-order chi connectivity index (χ1) is 16.1. The zero-order valence-corrected chi connectivity index (χ0v) is 18.4. The Morgan fingerprint density at radius 3 is 2.73 bits per heavy atom. The molecule has 0 aliphatic rings. The number of nitrogens with zero attached hydrogens (tertiary/aromatic N) is 4. The maximum atomic E-state index is 13.1. The molecule has 2 aromatic heterocycles. The fourth-order valence-electron chi connectivity index (χ4n) is 3.63. The fraction of sp³-hybridized carbons (Fsp3) is 0.0833. The summed E-state index contributed by atoms with van der Waals surface area (Å²) in [5.41, 5.74) is 3.58. The number of anilines is 1. The van der Waals surface area contributed by atoms with Crippen molar-refractivity contribution in [3.05, 3.63) is 89.1 Å². The summed E-state index contributed by atoms with van der Waals surface area (Å²) in [6.45, 7) is 0.472. The summed E-state index contributed by atoms with van der Waals surface area (Å²) < 4.78 is 7.78. The number of hydrogen-bond acceptors (Lipinski definition) is 5. The molecule has 0 unspecified atom stereocenters. The predicted octanol–water partition coefficient (Wildman–Crippen LogP) is 4.84. The van der Waals surface area contributed by atoms with Gasteiger partial charge in [-0.25, -0.2) is 0 Å². The van der Waals surface area contributed by atoms with Gasteiger partial charge in [0.1, 0.15) is 18.1 Å². The summed E-state index contributed by atoms with van der Waals surface area (Å²) in [6.07, 6.45) is 0. The molecule has 33 heavy (non-hydrogen) atoms. The Labute approximate surface area is 194 Å². The molecule has 0 aliphatic carbocycles. The van der Waals surface area contributed by atoms with Crippen LogP contribution in [0.3, 0.4) is 0 Å². The fourth-order valence-corrected chi connectivity index (χ4v) is 3.80. The van der Waals surface area contributed by atoms with Gasteiger partial charge < -0.3 is 14.6 Å². The Kier molecular flexibility index (Phi) is 5.50. The van der Waals surface area contributed by atoms with Gasteiger partial charge >= 0.3 is 0 Å². The van der Waals surface area contributed by atoms with Crippen LogP contribution in [0.5, 0.6) is 5.75 Å². The third-order valence-electron chi connectivity index (χ3n) is 5.31. The van der Waals surface area contributed by atoms with Crippen LogP contribution in [-0.2, 0) is 13.7 Å². The Hall–Kier alpha value is -4.17. The Balaban J connectivity index is 1.40. The average Bonchev–Trinajstić information content (AvgIpc) is 3.48. The molecule has 0 fully saturated rings. The van der Waals surface area contributed by atoms with Crippen LogP contribution in [-0.4, -0.2) is 31.1 Å². The molecular weight excluding hydrogens is 440 g/mol. The first-order valence-electron chi connectivity index (χ1n) is 10.2. The first kappa shape index (κ1) is 20.7. The molecule has 0 bridgehead atoms.